The molecule has 0 unspecified atom stereocenters. The summed E-state index contributed by atoms with van der Waals surface area (Å²) in [7, 11) is 0. The normalized spacial score (nSPS) is 11.8. The van der Waals surface area contributed by atoms with Crippen LogP contribution in [0.4, 0.5) is 5.82 Å². The van der Waals surface area contributed by atoms with E-state index in [0.717, 1.165) is 17.1 Å². The van der Waals surface area contributed by atoms with Gasteiger partial charge in [0.15, 0.2) is 5.82 Å². The second kappa shape index (κ2) is 4.01. The van der Waals surface area contributed by atoms with E-state index in [0.29, 0.717) is 11.5 Å². The molecule has 4 N–H and O–H groups in total. The third-order valence-electron chi connectivity index (χ3n) is 2.80. The Balaban J connectivity index is 2.56. The van der Waals surface area contributed by atoms with E-state index in [4.69, 9.17) is 11.6 Å². The molecule has 2 aromatic heterocycles. The van der Waals surface area contributed by atoms with Crippen LogP contribution in [0, 0.1) is 6.92 Å². The first-order chi connectivity index (χ1) is 8.30. The number of hydrogen-bond donors (Lipinski definition) is 2. The molecule has 18 heavy (non-hydrogen) atoms. The summed E-state index contributed by atoms with van der Waals surface area (Å²) in [4.78, 5) is 8.81. The van der Waals surface area contributed by atoms with Gasteiger partial charge in [0, 0.05) is 22.9 Å². The van der Waals surface area contributed by atoms with Crippen LogP contribution < -0.4 is 11.6 Å². The molecule has 2 rings (SSSR count). The van der Waals surface area contributed by atoms with Gasteiger partial charge >= 0.3 is 0 Å². The fourth-order valence-electron chi connectivity index (χ4n) is 1.79. The van der Waals surface area contributed by atoms with Crippen molar-refractivity contribution < 1.29 is 0 Å². The maximum absolute atomic E-state index is 6.02. The Hall–Kier alpha value is -2.04. The Kier molecular flexibility index (Phi) is 2.77. The first-order valence-electron chi connectivity index (χ1n) is 5.87. The average Bonchev–Trinajstić information content (AvgIpc) is 2.57. The Morgan fingerprint density at radius 3 is 2.33 bits per heavy atom. The fraction of sp³-hybridized carbons (Fsp3) is 0.385. The molecule has 0 aromatic carbocycles. The van der Waals surface area contributed by atoms with Crippen LogP contribution in [0.25, 0.3) is 11.3 Å². The van der Waals surface area contributed by atoms with Gasteiger partial charge in [-0.3, -0.25) is 4.98 Å². The summed E-state index contributed by atoms with van der Waals surface area (Å²) < 4.78 is 1.45. The lowest BCUT2D eigenvalue weighted by molar-refractivity contribution is 0.532. The molecule has 0 amide bonds. The third-order valence-corrected chi connectivity index (χ3v) is 2.80. The monoisotopic (exact) mass is 245 g/mol. The lowest BCUT2D eigenvalue weighted by Gasteiger charge is -2.17. The predicted octanol–water partition coefficient (Wildman–Crippen LogP) is 1.85. The molecule has 96 valence electrons. The number of pyridine rings is 1. The lowest BCUT2D eigenvalue weighted by atomic mass is 9.96. The average molecular weight is 245 g/mol. The Bertz CT molecular complexity index is 560. The summed E-state index contributed by atoms with van der Waals surface area (Å²) in [6.45, 7) is 8.09. The van der Waals surface area contributed by atoms with E-state index in [2.05, 4.69) is 30.7 Å². The fourth-order valence-corrected chi connectivity index (χ4v) is 1.79. The van der Waals surface area contributed by atoms with E-state index < -0.39 is 0 Å². The smallest absolute Gasteiger partial charge is 0.150 e. The molecule has 5 nitrogen and oxygen atoms in total. The summed E-state index contributed by atoms with van der Waals surface area (Å²) in [6, 6.07) is 3.88. The molecule has 0 saturated heterocycles. The van der Waals surface area contributed by atoms with Gasteiger partial charge in [-0.15, -0.1) is 0 Å². The van der Waals surface area contributed by atoms with Crippen molar-refractivity contribution in [2.24, 2.45) is 0 Å². The highest BCUT2D eigenvalue weighted by Gasteiger charge is 2.24. The van der Waals surface area contributed by atoms with Crippen LogP contribution in [-0.4, -0.2) is 14.6 Å². The summed E-state index contributed by atoms with van der Waals surface area (Å²) in [5, 5.41) is 0. The second-order valence-electron chi connectivity index (χ2n) is 5.48. The van der Waals surface area contributed by atoms with Crippen molar-refractivity contribution in [1.29, 1.82) is 0 Å². The molecular formula is C13H19N5. The van der Waals surface area contributed by atoms with Crippen molar-refractivity contribution >= 4 is 5.82 Å². The maximum Gasteiger partial charge on any atom is 0.150 e. The number of aromatic nitrogens is 3. The van der Waals surface area contributed by atoms with Gasteiger partial charge in [-0.1, -0.05) is 20.8 Å². The molecule has 0 spiro atoms. The quantitative estimate of drug-likeness (QED) is 0.751. The minimum absolute atomic E-state index is 0.154. The van der Waals surface area contributed by atoms with Crippen LogP contribution >= 0.6 is 0 Å². The Morgan fingerprint density at radius 1 is 1.22 bits per heavy atom. The van der Waals surface area contributed by atoms with Crippen LogP contribution in [0.15, 0.2) is 18.3 Å². The van der Waals surface area contributed by atoms with Crippen LogP contribution in [0.5, 0.6) is 0 Å². The molecular weight excluding hydrogens is 226 g/mol. The number of aryl methyl sites for hydroxylation is 1. The zero-order chi connectivity index (χ0) is 13.5. The van der Waals surface area contributed by atoms with Crippen LogP contribution in [-0.2, 0) is 5.41 Å². The first-order valence-corrected chi connectivity index (χ1v) is 5.87. The van der Waals surface area contributed by atoms with Gasteiger partial charge < -0.3 is 11.6 Å². The van der Waals surface area contributed by atoms with Crippen molar-refractivity contribution in [2.75, 3.05) is 11.6 Å². The number of hydrogen-bond acceptors (Lipinski definition) is 4. The van der Waals surface area contributed by atoms with Crippen molar-refractivity contribution in [3.05, 3.63) is 29.8 Å². The SMILES string of the molecule is Cc1ccc(-c2nc(C(C)(C)C)n(N)c2N)cn1. The van der Waals surface area contributed by atoms with E-state index in [-0.39, 0.29) is 5.41 Å². The topological polar surface area (TPSA) is 82.8 Å². The molecule has 0 aliphatic carbocycles. The summed E-state index contributed by atoms with van der Waals surface area (Å²) >= 11 is 0. The summed E-state index contributed by atoms with van der Waals surface area (Å²) in [5.74, 6) is 7.19. The predicted molar refractivity (Wildman–Crippen MR) is 73.5 cm³/mol. The number of anilines is 1. The van der Waals surface area contributed by atoms with Gasteiger partial charge in [-0.25, -0.2) is 9.66 Å². The second-order valence-corrected chi connectivity index (χ2v) is 5.48. The largest absolute Gasteiger partial charge is 0.382 e. The van der Waals surface area contributed by atoms with Crippen molar-refractivity contribution in [3.8, 4) is 11.3 Å². The molecule has 0 bridgehead atoms. The van der Waals surface area contributed by atoms with Gasteiger partial charge in [0.1, 0.15) is 11.5 Å². The molecule has 0 aliphatic heterocycles. The Morgan fingerprint density at radius 2 is 1.89 bits per heavy atom. The number of nitrogen functional groups attached to an aromatic ring is 2. The van der Waals surface area contributed by atoms with Gasteiger partial charge in [-0.05, 0) is 19.1 Å². The van der Waals surface area contributed by atoms with Crippen LogP contribution in [0.1, 0.15) is 32.3 Å². The van der Waals surface area contributed by atoms with Gasteiger partial charge in [0.2, 0.25) is 0 Å². The highest BCUT2D eigenvalue weighted by molar-refractivity contribution is 5.70. The van der Waals surface area contributed by atoms with E-state index in [1.54, 1.807) is 6.20 Å². The van der Waals surface area contributed by atoms with E-state index in [1.807, 2.05) is 19.1 Å². The molecule has 0 fully saturated rings. The standard InChI is InChI=1S/C13H19N5/c1-8-5-6-9(7-16-8)10-11(14)18(15)12(17-10)13(2,3)4/h5-7H,14-15H2,1-4H3. The molecule has 0 saturated carbocycles. The number of nitrogens with zero attached hydrogens (tertiary/aromatic N) is 3. The van der Waals surface area contributed by atoms with Crippen LogP contribution in [0.3, 0.4) is 0 Å². The van der Waals surface area contributed by atoms with Crippen molar-refractivity contribution in [3.63, 3.8) is 0 Å². The summed E-state index contributed by atoms with van der Waals surface area (Å²) in [5.41, 5.74) is 8.40. The zero-order valence-corrected chi connectivity index (χ0v) is 11.2. The number of imidazole rings is 1. The lowest BCUT2D eigenvalue weighted by Crippen LogP contribution is -2.24. The minimum Gasteiger partial charge on any atom is -0.382 e. The highest BCUT2D eigenvalue weighted by Crippen LogP contribution is 2.29. The molecule has 2 heterocycles. The zero-order valence-electron chi connectivity index (χ0n) is 11.2. The van der Waals surface area contributed by atoms with E-state index in [1.165, 1.54) is 4.68 Å². The van der Waals surface area contributed by atoms with Crippen molar-refractivity contribution in [2.45, 2.75) is 33.1 Å². The van der Waals surface area contributed by atoms with E-state index >= 15 is 0 Å². The van der Waals surface area contributed by atoms with Crippen LogP contribution in [0.2, 0.25) is 0 Å². The minimum atomic E-state index is -0.154. The Labute approximate surface area is 107 Å². The molecule has 5 heteroatoms. The first kappa shape index (κ1) is 12.4. The number of nitrogens with two attached hydrogens (primary N) is 2. The van der Waals surface area contributed by atoms with Crippen molar-refractivity contribution in [1.82, 2.24) is 14.6 Å². The molecule has 0 aliphatic rings. The van der Waals surface area contributed by atoms with Gasteiger partial charge in [-0.2, -0.15) is 0 Å². The third kappa shape index (κ3) is 2.03. The molecule has 0 atom stereocenters. The van der Waals surface area contributed by atoms with Gasteiger partial charge in [0.25, 0.3) is 0 Å². The van der Waals surface area contributed by atoms with Gasteiger partial charge in [0.05, 0.1) is 0 Å². The summed E-state index contributed by atoms with van der Waals surface area (Å²) in [6.07, 6.45) is 1.76. The highest BCUT2D eigenvalue weighted by atomic mass is 15.4. The number of rotatable bonds is 1. The van der Waals surface area contributed by atoms with E-state index in [9.17, 15) is 0 Å². The molecule has 2 aromatic rings. The molecule has 0 radical (unpaired) electrons. The maximum atomic E-state index is 6.02.